The Bertz CT molecular complexity index is 739. The third kappa shape index (κ3) is 4.73. The first-order valence-corrected chi connectivity index (χ1v) is 6.89. The van der Waals surface area contributed by atoms with Crippen LogP contribution in [-0.2, 0) is 25.2 Å². The van der Waals surface area contributed by atoms with Gasteiger partial charge in [0, 0.05) is 4.47 Å². The number of nitriles is 1. The second kappa shape index (κ2) is 7.83. The Kier molecular flexibility index (Phi) is 6.36. The largest absolute Gasteiger partial charge is 0.466 e. The fraction of sp³-hybridized carbons (Fsp3) is 0.214. The number of benzene rings is 1. The zero-order valence-corrected chi connectivity index (χ0v) is 13.9. The number of halogens is 4. The molecule has 0 amide bonds. The molecule has 0 unspecified atom stereocenters. The van der Waals surface area contributed by atoms with Crippen LogP contribution in [-0.4, -0.2) is 26.2 Å². The van der Waals surface area contributed by atoms with Crippen molar-refractivity contribution in [3.8, 4) is 6.07 Å². The van der Waals surface area contributed by atoms with Gasteiger partial charge in [-0.1, -0.05) is 0 Å². The number of nitrogens with zero attached hydrogens (tertiary/aromatic N) is 1. The number of anilines is 1. The van der Waals surface area contributed by atoms with Crippen molar-refractivity contribution in [1.29, 1.82) is 5.26 Å². The first-order valence-electron chi connectivity index (χ1n) is 6.09. The number of carbonyl (C=O) groups is 2. The number of rotatable bonds is 4. The van der Waals surface area contributed by atoms with Gasteiger partial charge < -0.3 is 14.8 Å². The predicted octanol–water partition coefficient (Wildman–Crippen LogP) is 2.98. The third-order valence-corrected chi connectivity index (χ3v) is 3.33. The van der Waals surface area contributed by atoms with Gasteiger partial charge in [0.2, 0.25) is 0 Å². The highest BCUT2D eigenvalue weighted by atomic mass is 79.9. The highest BCUT2D eigenvalue weighted by Crippen LogP contribution is 2.37. The average molecular weight is 407 g/mol. The number of carbonyl (C=O) groups excluding carboxylic acids is 2. The van der Waals surface area contributed by atoms with E-state index in [4.69, 9.17) is 5.26 Å². The molecule has 0 fully saturated rings. The van der Waals surface area contributed by atoms with Crippen LogP contribution < -0.4 is 5.32 Å². The van der Waals surface area contributed by atoms with E-state index in [0.717, 1.165) is 26.4 Å². The highest BCUT2D eigenvalue weighted by Gasteiger charge is 2.34. The molecule has 0 aliphatic heterocycles. The summed E-state index contributed by atoms with van der Waals surface area (Å²) in [5.74, 6) is -1.91. The van der Waals surface area contributed by atoms with Gasteiger partial charge in [0.1, 0.15) is 5.70 Å². The van der Waals surface area contributed by atoms with Crippen molar-refractivity contribution >= 4 is 33.6 Å². The van der Waals surface area contributed by atoms with E-state index in [1.807, 2.05) is 0 Å². The topological polar surface area (TPSA) is 88.4 Å². The van der Waals surface area contributed by atoms with Crippen LogP contribution in [0.4, 0.5) is 18.9 Å². The second-order valence-electron chi connectivity index (χ2n) is 4.18. The first kappa shape index (κ1) is 19.5. The SMILES string of the molecule is COC(=O)/C=C(/Nc1cc(C(F)(F)F)c(C#N)cc1Br)C(=O)OC. The van der Waals surface area contributed by atoms with Gasteiger partial charge in [-0.3, -0.25) is 0 Å². The summed E-state index contributed by atoms with van der Waals surface area (Å²) in [5, 5.41) is 11.2. The van der Waals surface area contributed by atoms with Gasteiger partial charge in [0.05, 0.1) is 43.2 Å². The quantitative estimate of drug-likeness (QED) is 0.610. The van der Waals surface area contributed by atoms with E-state index in [-0.39, 0.29) is 10.2 Å². The maximum Gasteiger partial charge on any atom is 0.417 e. The fourth-order valence-electron chi connectivity index (χ4n) is 1.57. The van der Waals surface area contributed by atoms with E-state index in [1.54, 1.807) is 0 Å². The minimum Gasteiger partial charge on any atom is -0.466 e. The first-order chi connectivity index (χ1) is 11.1. The minimum atomic E-state index is -4.78. The van der Waals surface area contributed by atoms with Crippen molar-refractivity contribution in [3.05, 3.63) is 39.5 Å². The molecule has 1 rings (SSSR count). The fourth-order valence-corrected chi connectivity index (χ4v) is 2.02. The van der Waals surface area contributed by atoms with E-state index in [2.05, 4.69) is 30.7 Å². The Morgan fingerprint density at radius 2 is 1.92 bits per heavy atom. The Hall–Kier alpha value is -2.54. The van der Waals surface area contributed by atoms with Crippen LogP contribution in [0.5, 0.6) is 0 Å². The average Bonchev–Trinajstić information content (AvgIpc) is 2.53. The molecule has 1 aromatic rings. The zero-order valence-electron chi connectivity index (χ0n) is 12.3. The number of esters is 2. The summed E-state index contributed by atoms with van der Waals surface area (Å²) in [7, 11) is 2.09. The molecule has 0 saturated heterocycles. The summed E-state index contributed by atoms with van der Waals surface area (Å²) in [6.07, 6.45) is -4.05. The van der Waals surface area contributed by atoms with Gasteiger partial charge >= 0.3 is 18.1 Å². The van der Waals surface area contributed by atoms with Crippen LogP contribution in [0.2, 0.25) is 0 Å². The molecule has 0 saturated carbocycles. The number of ether oxygens (including phenoxy) is 2. The van der Waals surface area contributed by atoms with E-state index < -0.39 is 34.9 Å². The van der Waals surface area contributed by atoms with E-state index >= 15 is 0 Å². The molecule has 128 valence electrons. The lowest BCUT2D eigenvalue weighted by atomic mass is 10.1. The number of alkyl halides is 3. The summed E-state index contributed by atoms with van der Waals surface area (Å²) in [4.78, 5) is 22.9. The van der Waals surface area contributed by atoms with Gasteiger partial charge in [-0.05, 0) is 28.1 Å². The molecule has 0 spiro atoms. The van der Waals surface area contributed by atoms with Crippen molar-refractivity contribution in [2.45, 2.75) is 6.18 Å². The number of hydrogen-bond donors (Lipinski definition) is 1. The van der Waals surface area contributed by atoms with Crippen molar-refractivity contribution < 1.29 is 32.2 Å². The van der Waals surface area contributed by atoms with Crippen LogP contribution in [0.25, 0.3) is 0 Å². The molecule has 0 bridgehead atoms. The molecule has 1 aromatic carbocycles. The van der Waals surface area contributed by atoms with E-state index in [0.29, 0.717) is 6.07 Å². The minimum absolute atomic E-state index is 0.0757. The molecule has 0 aliphatic carbocycles. The summed E-state index contributed by atoms with van der Waals surface area (Å²) >= 11 is 3.00. The monoisotopic (exact) mass is 406 g/mol. The molecular formula is C14H10BrF3N2O4. The van der Waals surface area contributed by atoms with Crippen molar-refractivity contribution in [3.63, 3.8) is 0 Å². The number of methoxy groups -OCH3 is 2. The van der Waals surface area contributed by atoms with Crippen LogP contribution >= 0.6 is 15.9 Å². The Labute approximate surface area is 143 Å². The van der Waals surface area contributed by atoms with Crippen molar-refractivity contribution in [1.82, 2.24) is 0 Å². The van der Waals surface area contributed by atoms with Crippen LogP contribution in [0.3, 0.4) is 0 Å². The zero-order chi connectivity index (χ0) is 18.5. The molecule has 10 heteroatoms. The third-order valence-electron chi connectivity index (χ3n) is 2.67. The molecule has 6 nitrogen and oxygen atoms in total. The lowest BCUT2D eigenvalue weighted by Gasteiger charge is -2.15. The van der Waals surface area contributed by atoms with Crippen LogP contribution in [0.15, 0.2) is 28.4 Å². The summed E-state index contributed by atoms with van der Waals surface area (Å²) in [5.41, 5.74) is -2.43. The number of nitrogens with one attached hydrogen (secondary N) is 1. The Morgan fingerprint density at radius 1 is 1.29 bits per heavy atom. The molecule has 0 aromatic heterocycles. The normalized spacial score (nSPS) is 11.5. The molecule has 24 heavy (non-hydrogen) atoms. The van der Waals surface area contributed by atoms with Gasteiger partial charge in [0.25, 0.3) is 0 Å². The Morgan fingerprint density at radius 3 is 2.38 bits per heavy atom. The predicted molar refractivity (Wildman–Crippen MR) is 79.6 cm³/mol. The van der Waals surface area contributed by atoms with Gasteiger partial charge in [-0.25, -0.2) is 9.59 Å². The van der Waals surface area contributed by atoms with Crippen molar-refractivity contribution in [2.75, 3.05) is 19.5 Å². The van der Waals surface area contributed by atoms with Crippen LogP contribution in [0, 0.1) is 11.3 Å². The molecule has 0 atom stereocenters. The highest BCUT2D eigenvalue weighted by molar-refractivity contribution is 9.10. The molecule has 1 N–H and O–H groups in total. The summed E-state index contributed by atoms with van der Waals surface area (Å²) < 4.78 is 47.9. The van der Waals surface area contributed by atoms with E-state index in [1.165, 1.54) is 6.07 Å². The lowest BCUT2D eigenvalue weighted by Crippen LogP contribution is -2.16. The Balaban J connectivity index is 3.40. The smallest absolute Gasteiger partial charge is 0.417 e. The van der Waals surface area contributed by atoms with Crippen molar-refractivity contribution in [2.24, 2.45) is 0 Å². The second-order valence-corrected chi connectivity index (χ2v) is 5.04. The molecular weight excluding hydrogens is 397 g/mol. The van der Waals surface area contributed by atoms with Crippen LogP contribution in [0.1, 0.15) is 11.1 Å². The molecule has 0 radical (unpaired) electrons. The maximum absolute atomic E-state index is 13.0. The summed E-state index contributed by atoms with van der Waals surface area (Å²) in [6, 6.07) is 3.02. The number of hydrogen-bond acceptors (Lipinski definition) is 6. The maximum atomic E-state index is 13.0. The van der Waals surface area contributed by atoms with Gasteiger partial charge in [-0.2, -0.15) is 18.4 Å². The standard InChI is InChI=1S/C14H10BrF3N2O4/c1-23-12(21)5-11(13(22)24-2)20-10-4-8(14(16,17)18)7(6-19)3-9(10)15/h3-5,20H,1-2H3/b11-5+. The van der Waals surface area contributed by atoms with E-state index in [9.17, 15) is 22.8 Å². The summed E-state index contributed by atoms with van der Waals surface area (Å²) in [6.45, 7) is 0. The molecule has 0 aliphatic rings. The van der Waals surface area contributed by atoms with Gasteiger partial charge in [-0.15, -0.1) is 0 Å². The molecule has 0 heterocycles. The van der Waals surface area contributed by atoms with Gasteiger partial charge in [0.15, 0.2) is 0 Å². The lowest BCUT2D eigenvalue weighted by molar-refractivity contribution is -0.138.